The Bertz CT molecular complexity index is 592. The van der Waals surface area contributed by atoms with Crippen LogP contribution in [0.5, 0.6) is 11.5 Å². The first-order valence-corrected chi connectivity index (χ1v) is 14.0. The molecule has 150 valence electrons. The first kappa shape index (κ1) is 25.1. The molecule has 0 aliphatic heterocycles. The Morgan fingerprint density at radius 3 is 1.38 bits per heavy atom. The standard InChI is InChI=1S/C12H16Br4O8P2/c13-5-9(15)7-21-25(17,18)23-11-1-2-12(4-3-11)24-26(19,20)22-8-10(16)6-14/h1-4,9-10H,5-8H2,(H,17,18)(H,19,20). The van der Waals surface area contributed by atoms with Crippen LogP contribution in [-0.4, -0.2) is 43.3 Å². The lowest BCUT2D eigenvalue weighted by Crippen LogP contribution is -2.10. The summed E-state index contributed by atoms with van der Waals surface area (Å²) < 4.78 is 43.1. The minimum absolute atomic E-state index is 0.0293. The van der Waals surface area contributed by atoms with Crippen molar-refractivity contribution in [1.29, 1.82) is 0 Å². The molecule has 0 amide bonds. The fourth-order valence-corrected chi connectivity index (χ4v) is 3.98. The summed E-state index contributed by atoms with van der Waals surface area (Å²) in [5, 5.41) is 1.07. The van der Waals surface area contributed by atoms with Gasteiger partial charge in [-0.1, -0.05) is 63.7 Å². The smallest absolute Gasteiger partial charge is 0.404 e. The molecule has 0 saturated heterocycles. The van der Waals surface area contributed by atoms with Crippen LogP contribution in [-0.2, 0) is 18.2 Å². The van der Waals surface area contributed by atoms with Gasteiger partial charge in [-0.15, -0.1) is 0 Å². The third-order valence-electron chi connectivity index (χ3n) is 2.44. The molecule has 1 aromatic rings. The van der Waals surface area contributed by atoms with Gasteiger partial charge in [-0.2, -0.15) is 0 Å². The molecule has 0 saturated carbocycles. The second kappa shape index (κ2) is 11.9. The lowest BCUT2D eigenvalue weighted by atomic mass is 10.3. The highest BCUT2D eigenvalue weighted by Gasteiger charge is 2.26. The Morgan fingerprint density at radius 1 is 0.808 bits per heavy atom. The van der Waals surface area contributed by atoms with Crippen LogP contribution < -0.4 is 9.05 Å². The van der Waals surface area contributed by atoms with Crippen LogP contribution in [0.25, 0.3) is 0 Å². The second-order valence-corrected chi connectivity index (χ2v) is 11.3. The Balaban J connectivity index is 2.60. The SMILES string of the molecule is O=P(O)(OCC(Br)CBr)Oc1ccc(OP(=O)(O)OCC(Br)CBr)cc1. The molecule has 0 fully saturated rings. The number of hydrogen-bond donors (Lipinski definition) is 2. The number of rotatable bonds is 12. The molecule has 1 aromatic carbocycles. The van der Waals surface area contributed by atoms with E-state index in [0.29, 0.717) is 10.7 Å². The van der Waals surface area contributed by atoms with E-state index >= 15 is 0 Å². The fraction of sp³-hybridized carbons (Fsp3) is 0.500. The van der Waals surface area contributed by atoms with Gasteiger partial charge in [0.15, 0.2) is 0 Å². The van der Waals surface area contributed by atoms with Crippen molar-refractivity contribution in [2.75, 3.05) is 23.9 Å². The molecule has 1 rings (SSSR count). The molecule has 0 radical (unpaired) electrons. The molecule has 0 aliphatic carbocycles. The molecular weight excluding hydrogens is 654 g/mol. The van der Waals surface area contributed by atoms with Crippen molar-refractivity contribution in [2.24, 2.45) is 0 Å². The predicted molar refractivity (Wildman–Crippen MR) is 112 cm³/mol. The maximum atomic E-state index is 11.8. The van der Waals surface area contributed by atoms with Gasteiger partial charge in [-0.3, -0.25) is 18.8 Å². The van der Waals surface area contributed by atoms with E-state index in [0.717, 1.165) is 0 Å². The minimum Gasteiger partial charge on any atom is -0.404 e. The van der Waals surface area contributed by atoms with Gasteiger partial charge in [0.25, 0.3) is 0 Å². The van der Waals surface area contributed by atoms with Crippen LogP contribution in [0.15, 0.2) is 24.3 Å². The van der Waals surface area contributed by atoms with E-state index in [4.69, 9.17) is 18.1 Å². The number of phosphoric ester groups is 2. The number of phosphoric acid groups is 2. The Kier molecular flexibility index (Phi) is 11.5. The summed E-state index contributed by atoms with van der Waals surface area (Å²) in [5.41, 5.74) is 0. The van der Waals surface area contributed by atoms with Gasteiger partial charge in [0.1, 0.15) is 11.5 Å². The summed E-state index contributed by atoms with van der Waals surface area (Å²) in [6, 6.07) is 5.18. The molecule has 0 bridgehead atoms. The van der Waals surface area contributed by atoms with Crippen molar-refractivity contribution >= 4 is 79.4 Å². The maximum Gasteiger partial charge on any atom is 0.527 e. The molecule has 0 heterocycles. The first-order valence-electron chi connectivity index (χ1n) is 6.91. The molecule has 4 unspecified atom stereocenters. The van der Waals surface area contributed by atoms with E-state index in [2.05, 4.69) is 63.7 Å². The Hall–Kier alpha value is 1.04. The van der Waals surface area contributed by atoms with Crippen molar-refractivity contribution in [1.82, 2.24) is 0 Å². The molecule has 0 aromatic heterocycles. The van der Waals surface area contributed by atoms with Gasteiger partial charge in [0.2, 0.25) is 0 Å². The van der Waals surface area contributed by atoms with Crippen LogP contribution in [0, 0.1) is 0 Å². The van der Waals surface area contributed by atoms with E-state index in [1.807, 2.05) is 0 Å². The third kappa shape index (κ3) is 10.5. The first-order chi connectivity index (χ1) is 12.1. The molecule has 8 nitrogen and oxygen atoms in total. The van der Waals surface area contributed by atoms with Gasteiger partial charge in [-0.05, 0) is 24.3 Å². The van der Waals surface area contributed by atoms with Crippen molar-refractivity contribution < 1.29 is 37.0 Å². The average molecular weight is 670 g/mol. The maximum absolute atomic E-state index is 11.8. The monoisotopic (exact) mass is 666 g/mol. The van der Waals surface area contributed by atoms with E-state index < -0.39 is 15.6 Å². The van der Waals surface area contributed by atoms with Crippen molar-refractivity contribution in [3.05, 3.63) is 24.3 Å². The number of alkyl halides is 4. The summed E-state index contributed by atoms with van der Waals surface area (Å²) in [6.07, 6.45) is 0. The zero-order valence-electron chi connectivity index (χ0n) is 13.0. The van der Waals surface area contributed by atoms with Crippen LogP contribution in [0.2, 0.25) is 0 Å². The second-order valence-electron chi connectivity index (χ2n) is 4.69. The van der Waals surface area contributed by atoms with Crippen molar-refractivity contribution in [3.63, 3.8) is 0 Å². The average Bonchev–Trinajstić information content (AvgIpc) is 2.59. The number of hydrogen-bond acceptors (Lipinski definition) is 6. The quantitative estimate of drug-likeness (QED) is 0.237. The van der Waals surface area contributed by atoms with Crippen molar-refractivity contribution in [3.8, 4) is 11.5 Å². The zero-order chi connectivity index (χ0) is 19.8. The lowest BCUT2D eigenvalue weighted by Gasteiger charge is -2.16. The van der Waals surface area contributed by atoms with Gasteiger partial charge in [-0.25, -0.2) is 9.13 Å². The molecular formula is C12H16Br4O8P2. The summed E-state index contributed by atoms with van der Waals surface area (Å²) >= 11 is 12.9. The molecule has 4 atom stereocenters. The fourth-order valence-electron chi connectivity index (χ4n) is 1.32. The van der Waals surface area contributed by atoms with Gasteiger partial charge in [0.05, 0.1) is 13.2 Å². The summed E-state index contributed by atoms with van der Waals surface area (Å²) in [6.45, 7) is -0.0670. The highest BCUT2D eigenvalue weighted by Crippen LogP contribution is 2.46. The minimum atomic E-state index is -4.29. The molecule has 26 heavy (non-hydrogen) atoms. The highest BCUT2D eigenvalue weighted by molar-refractivity contribution is 9.12. The summed E-state index contributed by atoms with van der Waals surface area (Å²) in [4.78, 5) is 19.0. The number of halogens is 4. The lowest BCUT2D eigenvalue weighted by molar-refractivity contribution is 0.204. The van der Waals surface area contributed by atoms with Gasteiger partial charge in [0, 0.05) is 20.3 Å². The van der Waals surface area contributed by atoms with Crippen LogP contribution in [0.4, 0.5) is 0 Å². The zero-order valence-corrected chi connectivity index (χ0v) is 21.2. The third-order valence-corrected chi connectivity index (χ3v) is 8.75. The van der Waals surface area contributed by atoms with Gasteiger partial charge >= 0.3 is 15.6 Å². The normalized spacial score (nSPS) is 18.4. The summed E-state index contributed by atoms with van der Waals surface area (Å²) in [5.74, 6) is 0.0586. The van der Waals surface area contributed by atoms with E-state index in [1.54, 1.807) is 0 Å². The van der Waals surface area contributed by atoms with E-state index in [1.165, 1.54) is 24.3 Å². The molecule has 0 aliphatic rings. The molecule has 2 N–H and O–H groups in total. The van der Waals surface area contributed by atoms with Crippen LogP contribution in [0.1, 0.15) is 0 Å². The van der Waals surface area contributed by atoms with E-state index in [9.17, 15) is 18.9 Å². The molecule has 14 heteroatoms. The molecule has 0 spiro atoms. The topological polar surface area (TPSA) is 112 Å². The van der Waals surface area contributed by atoms with Crippen LogP contribution >= 0.6 is 79.4 Å². The van der Waals surface area contributed by atoms with Crippen molar-refractivity contribution in [2.45, 2.75) is 9.65 Å². The summed E-state index contributed by atoms with van der Waals surface area (Å²) in [7, 11) is -8.59. The number of benzene rings is 1. The Morgan fingerprint density at radius 2 is 1.12 bits per heavy atom. The van der Waals surface area contributed by atoms with Crippen LogP contribution in [0.3, 0.4) is 0 Å². The predicted octanol–water partition coefficient (Wildman–Crippen LogP) is 5.00. The highest BCUT2D eigenvalue weighted by atomic mass is 79.9. The largest absolute Gasteiger partial charge is 0.527 e. The van der Waals surface area contributed by atoms with Gasteiger partial charge < -0.3 is 9.05 Å². The Labute approximate surface area is 184 Å². The van der Waals surface area contributed by atoms with E-state index in [-0.39, 0.29) is 34.4 Å².